The van der Waals surface area contributed by atoms with Crippen LogP contribution in [0.2, 0.25) is 0 Å². The van der Waals surface area contributed by atoms with Crippen LogP contribution in [0.25, 0.3) is 5.57 Å². The van der Waals surface area contributed by atoms with E-state index in [1.165, 1.54) is 26.4 Å². The lowest BCUT2D eigenvalue weighted by Crippen LogP contribution is -2.03. The minimum Gasteiger partial charge on any atom is -0.502 e. The molecule has 3 rings (SSSR count). The number of fused-ring (bicyclic) bond motifs is 1. The van der Waals surface area contributed by atoms with Crippen molar-refractivity contribution in [3.63, 3.8) is 0 Å². The van der Waals surface area contributed by atoms with Crippen LogP contribution in [0.5, 0.6) is 17.2 Å². The average molecular weight is 372 g/mol. The lowest BCUT2D eigenvalue weighted by Gasteiger charge is -2.17. The van der Waals surface area contributed by atoms with Gasteiger partial charge >= 0.3 is 5.97 Å². The van der Waals surface area contributed by atoms with Crippen LogP contribution in [-0.2, 0) is 11.2 Å². The zero-order chi connectivity index (χ0) is 19.7. The summed E-state index contributed by atoms with van der Waals surface area (Å²) in [7, 11) is 2.92. The first-order valence-electron chi connectivity index (χ1n) is 8.50. The maximum atomic E-state index is 13.8. The van der Waals surface area contributed by atoms with E-state index in [-0.39, 0.29) is 18.1 Å². The molecule has 2 aromatic rings. The van der Waals surface area contributed by atoms with Crippen molar-refractivity contribution in [2.45, 2.75) is 25.7 Å². The first-order valence-corrected chi connectivity index (χ1v) is 8.50. The van der Waals surface area contributed by atoms with Crippen molar-refractivity contribution in [2.75, 3.05) is 14.2 Å². The molecule has 1 aliphatic rings. The summed E-state index contributed by atoms with van der Waals surface area (Å²) in [6.07, 6.45) is 0.390. The van der Waals surface area contributed by atoms with Crippen molar-refractivity contribution in [3.05, 3.63) is 58.4 Å². The Hall–Kier alpha value is -3.02. The second-order valence-corrected chi connectivity index (χ2v) is 6.57. The Labute approximate surface area is 156 Å². The van der Waals surface area contributed by atoms with Crippen molar-refractivity contribution >= 4 is 11.5 Å². The molecule has 0 saturated carbocycles. The molecule has 1 aliphatic carbocycles. The number of allylic oxidation sites excluding steroid dienone is 1. The Morgan fingerprint density at radius 2 is 1.78 bits per heavy atom. The summed E-state index contributed by atoms with van der Waals surface area (Å²) in [6, 6.07) is 7.95. The molecule has 27 heavy (non-hydrogen) atoms. The SMILES string of the molecule is COc1cc(CC2C(C)=C(CC(=O)O)c3cc(F)ccc32)cc(OC)c1O. The van der Waals surface area contributed by atoms with Gasteiger partial charge in [-0.3, -0.25) is 4.79 Å². The van der Waals surface area contributed by atoms with Gasteiger partial charge in [0.15, 0.2) is 11.5 Å². The van der Waals surface area contributed by atoms with Gasteiger partial charge in [0, 0.05) is 5.92 Å². The molecule has 0 bridgehead atoms. The molecule has 0 heterocycles. The van der Waals surface area contributed by atoms with E-state index in [9.17, 15) is 19.4 Å². The Bertz CT molecular complexity index is 907. The highest BCUT2D eigenvalue weighted by molar-refractivity contribution is 5.89. The van der Waals surface area contributed by atoms with Gasteiger partial charge in [-0.15, -0.1) is 0 Å². The van der Waals surface area contributed by atoms with Crippen molar-refractivity contribution in [1.82, 2.24) is 0 Å². The summed E-state index contributed by atoms with van der Waals surface area (Å²) in [5.74, 6) is -0.903. The number of phenolic OH excluding ortho intramolecular Hbond substituents is 1. The number of benzene rings is 2. The average Bonchev–Trinajstić information content (AvgIpc) is 2.87. The van der Waals surface area contributed by atoms with E-state index in [1.807, 2.05) is 6.92 Å². The Morgan fingerprint density at radius 1 is 1.15 bits per heavy atom. The van der Waals surface area contributed by atoms with E-state index in [0.717, 1.165) is 16.7 Å². The molecule has 2 aromatic carbocycles. The van der Waals surface area contributed by atoms with Gasteiger partial charge in [-0.2, -0.15) is 0 Å². The minimum absolute atomic E-state index is 0.0727. The molecule has 1 unspecified atom stereocenters. The lowest BCUT2D eigenvalue weighted by atomic mass is 9.89. The number of aliphatic carboxylic acids is 1. The molecule has 0 aromatic heterocycles. The molecule has 2 N–H and O–H groups in total. The van der Waals surface area contributed by atoms with E-state index in [2.05, 4.69) is 0 Å². The number of ether oxygens (including phenoxy) is 2. The number of phenols is 1. The van der Waals surface area contributed by atoms with Gasteiger partial charge in [0.05, 0.1) is 20.6 Å². The smallest absolute Gasteiger partial charge is 0.307 e. The van der Waals surface area contributed by atoms with Crippen LogP contribution in [0.3, 0.4) is 0 Å². The fourth-order valence-corrected chi connectivity index (χ4v) is 3.70. The number of carboxylic acid groups (broad SMARTS) is 1. The van der Waals surface area contributed by atoms with Gasteiger partial charge < -0.3 is 19.7 Å². The van der Waals surface area contributed by atoms with Crippen LogP contribution in [-0.4, -0.2) is 30.4 Å². The summed E-state index contributed by atoms with van der Waals surface area (Å²) < 4.78 is 24.2. The first-order chi connectivity index (χ1) is 12.8. The monoisotopic (exact) mass is 372 g/mol. The Balaban J connectivity index is 2.05. The predicted octanol–water partition coefficient (Wildman–Crippen LogP) is 4.14. The number of aromatic hydroxyl groups is 1. The van der Waals surface area contributed by atoms with E-state index in [0.29, 0.717) is 29.1 Å². The van der Waals surface area contributed by atoms with E-state index < -0.39 is 11.8 Å². The van der Waals surface area contributed by atoms with E-state index in [4.69, 9.17) is 9.47 Å². The van der Waals surface area contributed by atoms with Crippen LogP contribution in [0.1, 0.15) is 36.0 Å². The van der Waals surface area contributed by atoms with E-state index in [1.54, 1.807) is 18.2 Å². The molecule has 5 nitrogen and oxygen atoms in total. The number of carboxylic acids is 1. The molecule has 0 fully saturated rings. The third kappa shape index (κ3) is 3.47. The number of hydrogen-bond donors (Lipinski definition) is 2. The zero-order valence-corrected chi connectivity index (χ0v) is 15.4. The summed E-state index contributed by atoms with van der Waals surface area (Å²) in [4.78, 5) is 11.3. The van der Waals surface area contributed by atoms with Crippen LogP contribution < -0.4 is 9.47 Å². The fraction of sp³-hybridized carbons (Fsp3) is 0.286. The predicted molar refractivity (Wildman–Crippen MR) is 98.9 cm³/mol. The highest BCUT2D eigenvalue weighted by Gasteiger charge is 2.30. The topological polar surface area (TPSA) is 76.0 Å². The Kier molecular flexibility index (Phi) is 5.08. The Morgan fingerprint density at radius 3 is 2.33 bits per heavy atom. The first kappa shape index (κ1) is 18.8. The van der Waals surface area contributed by atoms with Gasteiger partial charge in [-0.05, 0) is 59.9 Å². The van der Waals surface area contributed by atoms with Gasteiger partial charge in [0.25, 0.3) is 0 Å². The van der Waals surface area contributed by atoms with Crippen molar-refractivity contribution in [1.29, 1.82) is 0 Å². The van der Waals surface area contributed by atoms with Gasteiger partial charge in [-0.25, -0.2) is 4.39 Å². The molecule has 0 spiro atoms. The summed E-state index contributed by atoms with van der Waals surface area (Å²) in [6.45, 7) is 1.88. The minimum atomic E-state index is -0.951. The molecule has 0 saturated heterocycles. The van der Waals surface area contributed by atoms with Crippen molar-refractivity contribution < 1.29 is 28.9 Å². The van der Waals surface area contributed by atoms with Gasteiger partial charge in [0.2, 0.25) is 5.75 Å². The second-order valence-electron chi connectivity index (χ2n) is 6.57. The van der Waals surface area contributed by atoms with Crippen LogP contribution in [0.4, 0.5) is 4.39 Å². The zero-order valence-electron chi connectivity index (χ0n) is 15.4. The molecule has 0 amide bonds. The highest BCUT2D eigenvalue weighted by Crippen LogP contribution is 2.46. The second kappa shape index (κ2) is 7.31. The quantitative estimate of drug-likeness (QED) is 0.797. The van der Waals surface area contributed by atoms with Gasteiger partial charge in [0.1, 0.15) is 5.82 Å². The van der Waals surface area contributed by atoms with Crippen LogP contribution >= 0.6 is 0 Å². The number of halogens is 1. The number of methoxy groups -OCH3 is 2. The maximum Gasteiger partial charge on any atom is 0.307 e. The van der Waals surface area contributed by atoms with Crippen LogP contribution in [0, 0.1) is 5.82 Å². The summed E-state index contributed by atoms with van der Waals surface area (Å²) in [5, 5.41) is 19.3. The molecular formula is C21H21FO5. The standard InChI is InChI=1S/C21H21FO5/c1-11-15(6-12-7-18(26-2)21(25)19(8-12)27-3)14-5-4-13(22)9-17(14)16(11)10-20(23)24/h4-5,7-9,15,25H,6,10H2,1-3H3,(H,23,24). The van der Waals surface area contributed by atoms with Gasteiger partial charge in [-0.1, -0.05) is 11.6 Å². The normalized spacial score (nSPS) is 15.6. The van der Waals surface area contributed by atoms with E-state index >= 15 is 0 Å². The summed E-state index contributed by atoms with van der Waals surface area (Å²) >= 11 is 0. The summed E-state index contributed by atoms with van der Waals surface area (Å²) in [5.41, 5.74) is 3.97. The molecule has 6 heteroatoms. The van der Waals surface area contributed by atoms with Crippen molar-refractivity contribution in [3.8, 4) is 17.2 Å². The molecule has 0 radical (unpaired) electrons. The molecule has 0 aliphatic heterocycles. The van der Waals surface area contributed by atoms with Crippen LogP contribution in [0.15, 0.2) is 35.9 Å². The third-order valence-electron chi connectivity index (χ3n) is 5.02. The number of carbonyl (C=O) groups is 1. The largest absolute Gasteiger partial charge is 0.502 e. The third-order valence-corrected chi connectivity index (χ3v) is 5.02. The molecular weight excluding hydrogens is 351 g/mol. The van der Waals surface area contributed by atoms with Crippen molar-refractivity contribution in [2.24, 2.45) is 0 Å². The number of hydrogen-bond acceptors (Lipinski definition) is 4. The highest BCUT2D eigenvalue weighted by atomic mass is 19.1. The fourth-order valence-electron chi connectivity index (χ4n) is 3.70. The maximum absolute atomic E-state index is 13.8. The molecule has 1 atom stereocenters. The lowest BCUT2D eigenvalue weighted by molar-refractivity contribution is -0.135. The molecule has 142 valence electrons. The number of rotatable bonds is 6.